The minimum atomic E-state index is -0.356. The summed E-state index contributed by atoms with van der Waals surface area (Å²) in [6.07, 6.45) is 0. The third-order valence-corrected chi connectivity index (χ3v) is 5.41. The van der Waals surface area contributed by atoms with Gasteiger partial charge in [-0.25, -0.2) is 4.98 Å². The van der Waals surface area contributed by atoms with Crippen LogP contribution in [0.5, 0.6) is 0 Å². The predicted molar refractivity (Wildman–Crippen MR) is 96.0 cm³/mol. The van der Waals surface area contributed by atoms with Crippen LogP contribution in [0.15, 0.2) is 34.4 Å². The van der Waals surface area contributed by atoms with Gasteiger partial charge >= 0.3 is 0 Å². The Kier molecular flexibility index (Phi) is 4.69. The van der Waals surface area contributed by atoms with Crippen LogP contribution in [-0.2, 0) is 0 Å². The number of benzene rings is 1. The number of nitriles is 1. The molecule has 0 bridgehead atoms. The maximum atomic E-state index is 10.5. The summed E-state index contributed by atoms with van der Waals surface area (Å²) in [4.78, 5) is 7.43. The summed E-state index contributed by atoms with van der Waals surface area (Å²) in [6.45, 7) is 1.81. The number of para-hydroxylation sites is 2. The first-order chi connectivity index (χ1) is 11.6. The van der Waals surface area contributed by atoms with E-state index in [9.17, 15) is 10.4 Å². The average Bonchev–Trinajstić information content (AvgIpc) is 3.21. The largest absolute Gasteiger partial charge is 0.510 e. The van der Waals surface area contributed by atoms with Gasteiger partial charge in [0.2, 0.25) is 5.13 Å². The van der Waals surface area contributed by atoms with Crippen LogP contribution in [0.2, 0.25) is 0 Å². The van der Waals surface area contributed by atoms with Gasteiger partial charge in [0.1, 0.15) is 17.4 Å². The van der Waals surface area contributed by atoms with E-state index in [0.717, 1.165) is 11.0 Å². The molecule has 3 N–H and O–H groups in total. The molecule has 2 aromatic heterocycles. The number of aromatic nitrogens is 4. The lowest BCUT2D eigenvalue weighted by atomic mass is 10.2. The van der Waals surface area contributed by atoms with E-state index in [2.05, 4.69) is 25.5 Å². The topological polar surface area (TPSA) is 111 Å². The van der Waals surface area contributed by atoms with Gasteiger partial charge in [-0.3, -0.25) is 0 Å². The minimum Gasteiger partial charge on any atom is -0.510 e. The van der Waals surface area contributed by atoms with Crippen LogP contribution in [0.3, 0.4) is 0 Å². The molecule has 0 aliphatic rings. The molecule has 7 nitrogen and oxygen atoms in total. The first-order valence-electron chi connectivity index (χ1n) is 7.08. The molecular formula is C15H14N6OS2. The van der Waals surface area contributed by atoms with E-state index < -0.39 is 0 Å². The number of fused-ring (bicyclic) bond motifs is 1. The molecule has 3 rings (SSSR count). The van der Waals surface area contributed by atoms with Gasteiger partial charge < -0.3 is 15.4 Å². The number of aliphatic hydroxyl groups excluding tert-OH is 1. The summed E-state index contributed by atoms with van der Waals surface area (Å²) in [5, 5.41) is 31.2. The highest BCUT2D eigenvalue weighted by atomic mass is 32.2. The molecule has 0 unspecified atom stereocenters. The molecule has 122 valence electrons. The highest BCUT2D eigenvalue weighted by molar-refractivity contribution is 8.01. The normalized spacial score (nSPS) is 13.4. The number of hydrogen-bond acceptors (Lipinski definition) is 8. The molecule has 1 aromatic carbocycles. The Morgan fingerprint density at radius 1 is 1.42 bits per heavy atom. The van der Waals surface area contributed by atoms with Crippen molar-refractivity contribution in [1.82, 2.24) is 20.2 Å². The van der Waals surface area contributed by atoms with Crippen molar-refractivity contribution in [3.8, 4) is 6.07 Å². The van der Waals surface area contributed by atoms with Gasteiger partial charge in [-0.15, -0.1) is 10.2 Å². The molecule has 0 saturated heterocycles. The number of anilines is 1. The van der Waals surface area contributed by atoms with E-state index in [-0.39, 0.29) is 16.6 Å². The van der Waals surface area contributed by atoms with Crippen molar-refractivity contribution >= 4 is 44.8 Å². The van der Waals surface area contributed by atoms with Crippen LogP contribution in [0.4, 0.5) is 5.13 Å². The maximum absolute atomic E-state index is 10.5. The molecule has 0 saturated carbocycles. The number of imidazole rings is 1. The zero-order valence-corrected chi connectivity index (χ0v) is 14.6. The van der Waals surface area contributed by atoms with Crippen molar-refractivity contribution in [2.75, 3.05) is 12.4 Å². The molecule has 3 aromatic rings. The second kappa shape index (κ2) is 6.90. The fraction of sp³-hybridized carbons (Fsp3) is 0.200. The van der Waals surface area contributed by atoms with Gasteiger partial charge in [0.15, 0.2) is 10.2 Å². The molecule has 0 aliphatic heterocycles. The molecule has 0 fully saturated rings. The van der Waals surface area contributed by atoms with E-state index in [1.54, 1.807) is 14.0 Å². The molecule has 24 heavy (non-hydrogen) atoms. The number of rotatable bonds is 5. The number of H-pyrrole nitrogens is 1. The summed E-state index contributed by atoms with van der Waals surface area (Å²) in [6, 6.07) is 9.51. The van der Waals surface area contributed by atoms with E-state index >= 15 is 0 Å². The number of thioether (sulfide) groups is 1. The highest BCUT2D eigenvalue weighted by Gasteiger charge is 2.20. The third kappa shape index (κ3) is 3.20. The van der Waals surface area contributed by atoms with Crippen LogP contribution in [0, 0.1) is 11.3 Å². The number of nitrogens with zero attached hydrogens (tertiary/aromatic N) is 4. The Morgan fingerprint density at radius 2 is 2.21 bits per heavy atom. The molecular weight excluding hydrogens is 344 g/mol. The lowest BCUT2D eigenvalue weighted by Gasteiger charge is -2.09. The van der Waals surface area contributed by atoms with Crippen molar-refractivity contribution in [2.24, 2.45) is 0 Å². The number of nitrogens with one attached hydrogen (secondary N) is 2. The molecule has 1 atom stereocenters. The fourth-order valence-corrected chi connectivity index (χ4v) is 3.98. The second-order valence-electron chi connectivity index (χ2n) is 4.86. The Morgan fingerprint density at radius 3 is 2.88 bits per heavy atom. The first kappa shape index (κ1) is 16.3. The van der Waals surface area contributed by atoms with Crippen LogP contribution >= 0.6 is 23.1 Å². The molecule has 0 radical (unpaired) electrons. The minimum absolute atomic E-state index is 0.0391. The maximum Gasteiger partial charge on any atom is 0.206 e. The van der Waals surface area contributed by atoms with Gasteiger partial charge in [0.05, 0.1) is 16.3 Å². The second-order valence-corrected chi connectivity index (χ2v) is 7.42. The highest BCUT2D eigenvalue weighted by Crippen LogP contribution is 2.33. The monoisotopic (exact) mass is 358 g/mol. The molecule has 2 heterocycles. The summed E-state index contributed by atoms with van der Waals surface area (Å²) in [5.74, 6) is 0.319. The Hall–Kier alpha value is -2.57. The van der Waals surface area contributed by atoms with Crippen molar-refractivity contribution in [2.45, 2.75) is 16.5 Å². The zero-order valence-electron chi connectivity index (χ0n) is 12.9. The van der Waals surface area contributed by atoms with Gasteiger partial charge in [-0.2, -0.15) is 5.26 Å². The van der Waals surface area contributed by atoms with Crippen LogP contribution in [0.25, 0.3) is 16.6 Å². The summed E-state index contributed by atoms with van der Waals surface area (Å²) in [7, 11) is 1.77. The molecule has 0 amide bonds. The van der Waals surface area contributed by atoms with Gasteiger partial charge in [-0.1, -0.05) is 35.2 Å². The van der Waals surface area contributed by atoms with E-state index in [4.69, 9.17) is 0 Å². The van der Waals surface area contributed by atoms with Crippen LogP contribution < -0.4 is 5.32 Å². The van der Waals surface area contributed by atoms with E-state index in [1.807, 2.05) is 30.3 Å². The van der Waals surface area contributed by atoms with Crippen molar-refractivity contribution in [1.29, 1.82) is 5.26 Å². The number of aromatic amines is 1. The number of aliphatic hydroxyl groups is 1. The lowest BCUT2D eigenvalue weighted by molar-refractivity contribution is 0.402. The SMILES string of the molecule is CNc1nnc(S[C@@H](C)/C(O)=C(\C#N)c2nc3ccccc3[nH]2)s1. The third-order valence-electron chi connectivity index (χ3n) is 3.28. The van der Waals surface area contributed by atoms with E-state index in [0.29, 0.717) is 15.3 Å². The standard InChI is InChI=1S/C15H14N6OS2/c1-8(23-15-21-20-14(17-2)24-15)12(22)9(7-16)13-18-10-5-3-4-6-11(10)19-13/h3-6,8,22H,1-2H3,(H,17,20)(H,18,19)/b12-9-/t8-/m0/s1. The van der Waals surface area contributed by atoms with Gasteiger partial charge in [0, 0.05) is 7.05 Å². The summed E-state index contributed by atoms with van der Waals surface area (Å²) >= 11 is 2.72. The van der Waals surface area contributed by atoms with Gasteiger partial charge in [-0.05, 0) is 19.1 Å². The smallest absolute Gasteiger partial charge is 0.206 e. The molecule has 0 spiro atoms. The molecule has 9 heteroatoms. The Bertz CT molecular complexity index is 906. The fourth-order valence-electron chi connectivity index (χ4n) is 2.07. The number of allylic oxidation sites excluding steroid dienone is 1. The molecule has 0 aliphatic carbocycles. The predicted octanol–water partition coefficient (Wildman–Crippen LogP) is 3.43. The summed E-state index contributed by atoms with van der Waals surface area (Å²) < 4.78 is 0.709. The Labute approximate surface area is 146 Å². The zero-order chi connectivity index (χ0) is 17.1. The Balaban J connectivity index is 1.90. The van der Waals surface area contributed by atoms with Crippen LogP contribution in [-0.4, -0.2) is 37.6 Å². The quantitative estimate of drug-likeness (QED) is 0.364. The van der Waals surface area contributed by atoms with Crippen molar-refractivity contribution < 1.29 is 5.11 Å². The van der Waals surface area contributed by atoms with Gasteiger partial charge in [0.25, 0.3) is 0 Å². The van der Waals surface area contributed by atoms with Crippen molar-refractivity contribution in [3.05, 3.63) is 35.8 Å². The summed E-state index contributed by atoms with van der Waals surface area (Å²) in [5.41, 5.74) is 1.69. The first-order valence-corrected chi connectivity index (χ1v) is 8.78. The average molecular weight is 358 g/mol. The van der Waals surface area contributed by atoms with Crippen molar-refractivity contribution in [3.63, 3.8) is 0 Å². The number of hydrogen-bond donors (Lipinski definition) is 3. The van der Waals surface area contributed by atoms with E-state index in [1.165, 1.54) is 23.1 Å². The lowest BCUT2D eigenvalue weighted by Crippen LogP contribution is -2.04. The van der Waals surface area contributed by atoms with Crippen LogP contribution in [0.1, 0.15) is 12.7 Å².